The predicted octanol–water partition coefficient (Wildman–Crippen LogP) is 3.25. The minimum absolute atomic E-state index is 0. The van der Waals surface area contributed by atoms with Crippen LogP contribution in [0.4, 0.5) is 4.39 Å². The van der Waals surface area contributed by atoms with Crippen molar-refractivity contribution in [2.75, 3.05) is 19.9 Å². The molecule has 0 aliphatic rings. The fraction of sp³-hybridized carbons (Fsp3) is 0.350. The molecule has 0 atom stereocenters. The summed E-state index contributed by atoms with van der Waals surface area (Å²) in [7, 11) is -1.59. The lowest BCUT2D eigenvalue weighted by Crippen LogP contribution is -2.36. The first kappa shape index (κ1) is 25.2. The second-order valence-corrected chi connectivity index (χ2v) is 8.44. The highest BCUT2D eigenvalue weighted by Crippen LogP contribution is 2.17. The lowest BCUT2D eigenvalue weighted by Gasteiger charge is -2.15. The van der Waals surface area contributed by atoms with Crippen LogP contribution in [0.3, 0.4) is 0 Å². The van der Waals surface area contributed by atoms with Crippen molar-refractivity contribution >= 4 is 39.8 Å². The van der Waals surface area contributed by atoms with E-state index in [9.17, 15) is 12.8 Å². The number of halogens is 2. The van der Waals surface area contributed by atoms with Gasteiger partial charge >= 0.3 is 0 Å². The zero-order valence-electron chi connectivity index (χ0n) is 16.7. The molecule has 29 heavy (non-hydrogen) atoms. The van der Waals surface area contributed by atoms with Crippen molar-refractivity contribution in [2.24, 2.45) is 4.99 Å². The molecule has 2 N–H and O–H groups in total. The van der Waals surface area contributed by atoms with Gasteiger partial charge in [0, 0.05) is 32.0 Å². The topological polar surface area (TPSA) is 79.8 Å². The molecule has 2 aromatic rings. The van der Waals surface area contributed by atoms with Gasteiger partial charge < -0.3 is 15.4 Å². The molecule has 9 heteroatoms. The summed E-state index contributed by atoms with van der Waals surface area (Å²) in [6, 6.07) is 11.8. The smallest absolute Gasteiger partial charge is 0.191 e. The van der Waals surface area contributed by atoms with Crippen molar-refractivity contribution in [3.63, 3.8) is 0 Å². The molecule has 6 nitrogen and oxygen atoms in total. The van der Waals surface area contributed by atoms with Crippen molar-refractivity contribution in [1.82, 2.24) is 10.6 Å². The fourth-order valence-corrected chi connectivity index (χ4v) is 3.55. The molecule has 0 spiro atoms. The number of nitrogens with one attached hydrogen (secondary N) is 2. The van der Waals surface area contributed by atoms with E-state index >= 15 is 0 Å². The molecule has 0 radical (unpaired) electrons. The normalized spacial score (nSPS) is 11.5. The highest BCUT2D eigenvalue weighted by Gasteiger charge is 2.11. The maximum absolute atomic E-state index is 13.6. The summed E-state index contributed by atoms with van der Waals surface area (Å²) in [5, 5.41) is 6.28. The van der Waals surface area contributed by atoms with E-state index < -0.39 is 15.7 Å². The van der Waals surface area contributed by atoms with Crippen LogP contribution in [0, 0.1) is 5.82 Å². The Morgan fingerprint density at radius 2 is 1.72 bits per heavy atom. The standard InChI is InChI=1S/C20H26FN3O3S.HI/c1-4-27-19-8-6-5-7-15(19)12-23-20(22-2)24-13-17-11-18(21)10-9-16(17)14-28(3,25)26;/h5-11H,4,12-14H2,1-3H3,(H2,22,23,24);1H. The number of nitrogens with zero attached hydrogens (tertiary/aromatic N) is 1. The monoisotopic (exact) mass is 535 g/mol. The lowest BCUT2D eigenvalue weighted by atomic mass is 10.1. The lowest BCUT2D eigenvalue weighted by molar-refractivity contribution is 0.336. The minimum atomic E-state index is -3.22. The van der Waals surface area contributed by atoms with Gasteiger partial charge in [-0.1, -0.05) is 24.3 Å². The first-order valence-electron chi connectivity index (χ1n) is 8.92. The summed E-state index contributed by atoms with van der Waals surface area (Å²) in [4.78, 5) is 4.16. The van der Waals surface area contributed by atoms with Crippen LogP contribution in [0.25, 0.3) is 0 Å². The highest BCUT2D eigenvalue weighted by molar-refractivity contribution is 14.0. The number of benzene rings is 2. The van der Waals surface area contributed by atoms with Crippen LogP contribution >= 0.6 is 24.0 Å². The van der Waals surface area contributed by atoms with Crippen LogP contribution in [0.2, 0.25) is 0 Å². The number of ether oxygens (including phenoxy) is 1. The van der Waals surface area contributed by atoms with E-state index in [1.807, 2.05) is 31.2 Å². The molecule has 0 amide bonds. The number of hydrogen-bond donors (Lipinski definition) is 2. The Labute approximate surface area is 188 Å². The van der Waals surface area contributed by atoms with Crippen LogP contribution in [-0.4, -0.2) is 34.3 Å². The molecule has 2 rings (SSSR count). The summed E-state index contributed by atoms with van der Waals surface area (Å²) < 4.78 is 42.5. The van der Waals surface area contributed by atoms with Gasteiger partial charge in [-0.25, -0.2) is 12.8 Å². The minimum Gasteiger partial charge on any atom is -0.494 e. The molecule has 160 valence electrons. The van der Waals surface area contributed by atoms with E-state index in [1.165, 1.54) is 18.2 Å². The largest absolute Gasteiger partial charge is 0.494 e. The van der Waals surface area contributed by atoms with Crippen molar-refractivity contribution in [1.29, 1.82) is 0 Å². The van der Waals surface area contributed by atoms with Gasteiger partial charge in [0.25, 0.3) is 0 Å². The third kappa shape index (κ3) is 8.57. The Morgan fingerprint density at radius 1 is 1.07 bits per heavy atom. The first-order valence-corrected chi connectivity index (χ1v) is 11.0. The van der Waals surface area contributed by atoms with Crippen molar-refractivity contribution in [3.05, 3.63) is 65.0 Å². The Balaban J connectivity index is 0.00000420. The Bertz CT molecular complexity index is 936. The van der Waals surface area contributed by atoms with E-state index in [0.29, 0.717) is 30.2 Å². The van der Waals surface area contributed by atoms with Gasteiger partial charge in [0.1, 0.15) is 11.6 Å². The molecule has 0 unspecified atom stereocenters. The summed E-state index contributed by atoms with van der Waals surface area (Å²) >= 11 is 0. The maximum Gasteiger partial charge on any atom is 0.191 e. The summed E-state index contributed by atoms with van der Waals surface area (Å²) in [6.07, 6.45) is 1.16. The van der Waals surface area contributed by atoms with E-state index in [-0.39, 0.29) is 36.3 Å². The molecule has 0 bridgehead atoms. The van der Waals surface area contributed by atoms with Crippen LogP contribution in [0.1, 0.15) is 23.6 Å². The Hall–Kier alpha value is -1.88. The van der Waals surface area contributed by atoms with Crippen LogP contribution < -0.4 is 15.4 Å². The van der Waals surface area contributed by atoms with E-state index in [4.69, 9.17) is 4.74 Å². The number of para-hydroxylation sites is 1. The third-order valence-electron chi connectivity index (χ3n) is 3.97. The Morgan fingerprint density at radius 3 is 2.34 bits per heavy atom. The first-order chi connectivity index (χ1) is 13.3. The highest BCUT2D eigenvalue weighted by atomic mass is 127. The van der Waals surface area contributed by atoms with Crippen molar-refractivity contribution in [2.45, 2.75) is 25.8 Å². The molecular formula is C20H27FIN3O3S. The number of guanidine groups is 1. The average molecular weight is 535 g/mol. The molecule has 0 saturated heterocycles. The zero-order chi connectivity index (χ0) is 20.6. The van der Waals surface area contributed by atoms with Gasteiger partial charge in [-0.2, -0.15) is 0 Å². The molecule has 0 aliphatic carbocycles. The van der Waals surface area contributed by atoms with Crippen LogP contribution in [0.5, 0.6) is 5.75 Å². The Kier molecular flexibility index (Phi) is 10.4. The molecular weight excluding hydrogens is 508 g/mol. The second kappa shape index (κ2) is 12.0. The number of rotatable bonds is 8. The van der Waals surface area contributed by atoms with E-state index in [2.05, 4.69) is 15.6 Å². The molecule has 0 aromatic heterocycles. The van der Waals surface area contributed by atoms with Gasteiger partial charge in [-0.05, 0) is 36.2 Å². The van der Waals surface area contributed by atoms with Crippen molar-refractivity contribution in [3.8, 4) is 5.75 Å². The average Bonchev–Trinajstić information content (AvgIpc) is 2.64. The fourth-order valence-electron chi connectivity index (χ4n) is 2.71. The van der Waals surface area contributed by atoms with E-state index in [1.54, 1.807) is 7.05 Å². The van der Waals surface area contributed by atoms with Gasteiger partial charge in [-0.15, -0.1) is 24.0 Å². The van der Waals surface area contributed by atoms with Crippen LogP contribution in [-0.2, 0) is 28.7 Å². The maximum atomic E-state index is 13.6. The predicted molar refractivity (Wildman–Crippen MR) is 125 cm³/mol. The van der Waals surface area contributed by atoms with Gasteiger partial charge in [0.2, 0.25) is 0 Å². The quantitative estimate of drug-likeness (QED) is 0.308. The number of aliphatic imine (C=N–C) groups is 1. The van der Waals surface area contributed by atoms with Crippen molar-refractivity contribution < 1.29 is 17.5 Å². The van der Waals surface area contributed by atoms with Gasteiger partial charge in [-0.3, -0.25) is 4.99 Å². The molecule has 0 aliphatic heterocycles. The third-order valence-corrected chi connectivity index (χ3v) is 4.81. The number of hydrogen-bond acceptors (Lipinski definition) is 4. The second-order valence-electron chi connectivity index (χ2n) is 6.30. The van der Waals surface area contributed by atoms with E-state index in [0.717, 1.165) is 17.6 Å². The molecule has 2 aromatic carbocycles. The van der Waals surface area contributed by atoms with Gasteiger partial charge in [0.15, 0.2) is 15.8 Å². The SMILES string of the molecule is CCOc1ccccc1CNC(=NC)NCc1cc(F)ccc1CS(C)(=O)=O.I. The van der Waals surface area contributed by atoms with Crippen LogP contribution in [0.15, 0.2) is 47.5 Å². The summed E-state index contributed by atoms with van der Waals surface area (Å²) in [5.41, 5.74) is 2.12. The molecule has 0 saturated carbocycles. The summed E-state index contributed by atoms with van der Waals surface area (Å²) in [5.74, 6) is 0.759. The summed E-state index contributed by atoms with van der Waals surface area (Å²) in [6.45, 7) is 3.25. The van der Waals surface area contributed by atoms with Gasteiger partial charge in [0.05, 0.1) is 12.4 Å². The zero-order valence-corrected chi connectivity index (χ0v) is 19.9. The number of sulfone groups is 1. The molecule has 0 fully saturated rings. The molecule has 0 heterocycles.